The van der Waals surface area contributed by atoms with Crippen LogP contribution in [0.3, 0.4) is 0 Å². The van der Waals surface area contributed by atoms with Gasteiger partial charge in [-0.15, -0.1) is 11.8 Å². The maximum absolute atomic E-state index is 13.0. The molecule has 5 rings (SSSR count). The predicted octanol–water partition coefficient (Wildman–Crippen LogP) is 5.97. The summed E-state index contributed by atoms with van der Waals surface area (Å²) in [4.78, 5) is 23.0. The highest BCUT2D eigenvalue weighted by Gasteiger charge is 2.21. The van der Waals surface area contributed by atoms with Gasteiger partial charge in [-0.05, 0) is 48.5 Å². The number of hydrogen-bond donors (Lipinski definition) is 1. The lowest BCUT2D eigenvalue weighted by Gasteiger charge is -2.34. The number of pyridine rings is 1. The summed E-state index contributed by atoms with van der Waals surface area (Å²) in [7, 11) is 2.17. The number of nitrogens with one attached hydrogen (secondary N) is 1. The molecule has 0 bridgehead atoms. The molecule has 2 heterocycles. The molecule has 1 aliphatic heterocycles. The number of hydrogen-bond acceptors (Lipinski definition) is 5. The fourth-order valence-corrected chi connectivity index (χ4v) is 5.65. The third-order valence-corrected chi connectivity index (χ3v) is 7.83. The van der Waals surface area contributed by atoms with E-state index in [0.29, 0.717) is 5.56 Å². The molecule has 1 N–H and O–H groups in total. The standard InChI is InChI=1S/C30H30N4OS/c1-33-17-19-34(20-18-33)26-14-15-27(32-30(35)25-13-8-16-31-22-25)28(21-26)36-29(23-9-4-2-5-10-23)24-11-6-3-7-12-24/h2-16,21-22,29H,17-20H2,1H3,(H,32,35). The highest BCUT2D eigenvalue weighted by molar-refractivity contribution is 8.00. The largest absolute Gasteiger partial charge is 0.369 e. The summed E-state index contributed by atoms with van der Waals surface area (Å²) in [6.07, 6.45) is 3.27. The van der Waals surface area contributed by atoms with Crippen molar-refractivity contribution in [2.45, 2.75) is 10.1 Å². The van der Waals surface area contributed by atoms with Crippen LogP contribution in [-0.4, -0.2) is 49.0 Å². The number of aromatic nitrogens is 1. The summed E-state index contributed by atoms with van der Waals surface area (Å²) in [6, 6.07) is 31.0. The van der Waals surface area contributed by atoms with Gasteiger partial charge in [-0.25, -0.2) is 0 Å². The van der Waals surface area contributed by atoms with Crippen molar-refractivity contribution >= 4 is 29.0 Å². The second kappa shape index (κ2) is 11.4. The second-order valence-electron chi connectivity index (χ2n) is 8.99. The molecule has 3 aromatic carbocycles. The summed E-state index contributed by atoms with van der Waals surface area (Å²) in [5.74, 6) is -0.159. The third-order valence-electron chi connectivity index (χ3n) is 6.46. The summed E-state index contributed by atoms with van der Waals surface area (Å²) >= 11 is 1.77. The van der Waals surface area contributed by atoms with Crippen molar-refractivity contribution in [1.82, 2.24) is 9.88 Å². The van der Waals surface area contributed by atoms with Crippen LogP contribution in [0.15, 0.2) is 108 Å². The minimum atomic E-state index is -0.159. The van der Waals surface area contributed by atoms with E-state index >= 15 is 0 Å². The zero-order chi connectivity index (χ0) is 24.7. The third kappa shape index (κ3) is 5.78. The maximum Gasteiger partial charge on any atom is 0.257 e. The molecule has 0 aliphatic carbocycles. The molecular weight excluding hydrogens is 464 g/mol. The Balaban J connectivity index is 1.51. The number of amides is 1. The number of piperazine rings is 1. The quantitative estimate of drug-likeness (QED) is 0.321. The Kier molecular flexibility index (Phi) is 7.64. The molecule has 1 amide bonds. The van der Waals surface area contributed by atoms with E-state index in [1.54, 1.807) is 36.3 Å². The number of thioether (sulfide) groups is 1. The van der Waals surface area contributed by atoms with E-state index in [2.05, 4.69) is 87.8 Å². The van der Waals surface area contributed by atoms with Gasteiger partial charge in [-0.1, -0.05) is 60.7 Å². The first-order valence-electron chi connectivity index (χ1n) is 12.2. The molecule has 1 fully saturated rings. The minimum Gasteiger partial charge on any atom is -0.369 e. The number of rotatable bonds is 7. The van der Waals surface area contributed by atoms with Gasteiger partial charge in [0, 0.05) is 49.2 Å². The molecular formula is C30H30N4OS. The number of carbonyl (C=O) groups is 1. The smallest absolute Gasteiger partial charge is 0.257 e. The van der Waals surface area contributed by atoms with E-state index in [-0.39, 0.29) is 11.2 Å². The summed E-state index contributed by atoms with van der Waals surface area (Å²) in [6.45, 7) is 4.06. The van der Waals surface area contributed by atoms with Crippen LogP contribution in [-0.2, 0) is 0 Å². The Morgan fingerprint density at radius 1 is 0.861 bits per heavy atom. The lowest BCUT2D eigenvalue weighted by atomic mass is 10.0. The van der Waals surface area contributed by atoms with Crippen molar-refractivity contribution in [3.8, 4) is 0 Å². The Hall–Kier alpha value is -3.61. The predicted molar refractivity (Wildman–Crippen MR) is 149 cm³/mol. The van der Waals surface area contributed by atoms with Crippen LogP contribution in [0, 0.1) is 0 Å². The number of benzene rings is 3. The van der Waals surface area contributed by atoms with Gasteiger partial charge in [0.05, 0.1) is 16.5 Å². The first kappa shape index (κ1) is 24.1. The zero-order valence-corrected chi connectivity index (χ0v) is 21.2. The van der Waals surface area contributed by atoms with Gasteiger partial charge < -0.3 is 15.1 Å². The average molecular weight is 495 g/mol. The number of likely N-dealkylation sites (N-methyl/N-ethyl adjacent to an activating group) is 1. The van der Waals surface area contributed by atoms with Gasteiger partial charge in [0.2, 0.25) is 0 Å². The van der Waals surface area contributed by atoms with Crippen molar-refractivity contribution in [1.29, 1.82) is 0 Å². The Bertz CT molecular complexity index is 1240. The lowest BCUT2D eigenvalue weighted by Crippen LogP contribution is -2.44. The van der Waals surface area contributed by atoms with Crippen molar-refractivity contribution < 1.29 is 4.79 Å². The van der Waals surface area contributed by atoms with E-state index in [4.69, 9.17) is 0 Å². The first-order valence-corrected chi connectivity index (χ1v) is 13.1. The van der Waals surface area contributed by atoms with Crippen LogP contribution in [0.5, 0.6) is 0 Å². The second-order valence-corrected chi connectivity index (χ2v) is 10.1. The number of carbonyl (C=O) groups excluding carboxylic acids is 1. The molecule has 0 saturated carbocycles. The van der Waals surface area contributed by atoms with Crippen LogP contribution in [0.25, 0.3) is 0 Å². The van der Waals surface area contributed by atoms with Gasteiger partial charge in [-0.3, -0.25) is 9.78 Å². The fourth-order valence-electron chi connectivity index (χ4n) is 4.38. The molecule has 5 nitrogen and oxygen atoms in total. The Morgan fingerprint density at radius 3 is 2.14 bits per heavy atom. The molecule has 182 valence electrons. The van der Waals surface area contributed by atoms with Crippen molar-refractivity contribution in [3.05, 3.63) is 120 Å². The van der Waals surface area contributed by atoms with E-state index < -0.39 is 0 Å². The molecule has 4 aromatic rings. The van der Waals surface area contributed by atoms with E-state index in [9.17, 15) is 4.79 Å². The van der Waals surface area contributed by atoms with Gasteiger partial charge >= 0.3 is 0 Å². The van der Waals surface area contributed by atoms with E-state index in [1.165, 1.54) is 16.8 Å². The normalized spacial score (nSPS) is 14.1. The summed E-state index contributed by atoms with van der Waals surface area (Å²) in [5.41, 5.74) is 4.99. The highest BCUT2D eigenvalue weighted by atomic mass is 32.2. The molecule has 36 heavy (non-hydrogen) atoms. The topological polar surface area (TPSA) is 48.5 Å². The Labute approximate surface area is 217 Å². The molecule has 6 heteroatoms. The molecule has 1 aliphatic rings. The van der Waals surface area contributed by atoms with E-state index in [0.717, 1.165) is 36.8 Å². The van der Waals surface area contributed by atoms with Crippen molar-refractivity contribution in [2.24, 2.45) is 0 Å². The Morgan fingerprint density at radius 2 is 1.53 bits per heavy atom. The van der Waals surface area contributed by atoms with Crippen LogP contribution in [0.1, 0.15) is 26.7 Å². The summed E-state index contributed by atoms with van der Waals surface area (Å²) in [5, 5.41) is 3.23. The maximum atomic E-state index is 13.0. The highest BCUT2D eigenvalue weighted by Crippen LogP contribution is 2.44. The van der Waals surface area contributed by atoms with Crippen LogP contribution in [0.4, 0.5) is 11.4 Å². The molecule has 0 spiro atoms. The number of nitrogens with zero attached hydrogens (tertiary/aromatic N) is 3. The van der Waals surface area contributed by atoms with Gasteiger partial charge in [-0.2, -0.15) is 0 Å². The molecule has 0 unspecified atom stereocenters. The van der Waals surface area contributed by atoms with Crippen LogP contribution < -0.4 is 10.2 Å². The zero-order valence-electron chi connectivity index (χ0n) is 20.4. The average Bonchev–Trinajstić information content (AvgIpc) is 2.94. The SMILES string of the molecule is CN1CCN(c2ccc(NC(=O)c3cccnc3)c(SC(c3ccccc3)c3ccccc3)c2)CC1. The van der Waals surface area contributed by atoms with Crippen molar-refractivity contribution in [3.63, 3.8) is 0 Å². The molecule has 1 saturated heterocycles. The fraction of sp³-hybridized carbons (Fsp3) is 0.200. The van der Waals surface area contributed by atoms with Gasteiger partial charge in [0.25, 0.3) is 5.91 Å². The van der Waals surface area contributed by atoms with Crippen LogP contribution >= 0.6 is 11.8 Å². The molecule has 0 radical (unpaired) electrons. The van der Waals surface area contributed by atoms with Crippen LogP contribution in [0.2, 0.25) is 0 Å². The minimum absolute atomic E-state index is 0.0872. The van der Waals surface area contributed by atoms with Gasteiger partial charge in [0.15, 0.2) is 0 Å². The molecule has 1 aromatic heterocycles. The van der Waals surface area contributed by atoms with Gasteiger partial charge in [0.1, 0.15) is 0 Å². The molecule has 0 atom stereocenters. The summed E-state index contributed by atoms with van der Waals surface area (Å²) < 4.78 is 0. The van der Waals surface area contributed by atoms with E-state index in [1.807, 2.05) is 18.2 Å². The first-order chi connectivity index (χ1) is 17.7. The monoisotopic (exact) mass is 494 g/mol. The van der Waals surface area contributed by atoms with Crippen molar-refractivity contribution in [2.75, 3.05) is 43.4 Å². The number of anilines is 2. The lowest BCUT2D eigenvalue weighted by molar-refractivity contribution is 0.102.